The lowest BCUT2D eigenvalue weighted by atomic mass is 10.1. The van der Waals surface area contributed by atoms with Crippen LogP contribution in [0.15, 0.2) is 29.2 Å². The number of piperazine rings is 1. The zero-order chi connectivity index (χ0) is 16.3. The molecule has 0 unspecified atom stereocenters. The van der Waals surface area contributed by atoms with Gasteiger partial charge >= 0.3 is 5.76 Å². The van der Waals surface area contributed by atoms with Crippen molar-refractivity contribution >= 4 is 15.7 Å². The van der Waals surface area contributed by atoms with Crippen LogP contribution in [0.3, 0.4) is 0 Å². The van der Waals surface area contributed by atoms with E-state index in [0.29, 0.717) is 12.1 Å². The summed E-state index contributed by atoms with van der Waals surface area (Å²) in [4.78, 5) is 13.6. The lowest BCUT2D eigenvalue weighted by Gasteiger charge is -2.34. The molecule has 22 heavy (non-hydrogen) atoms. The topological polar surface area (TPSA) is 66.5 Å². The Bertz CT molecular complexity index is 632. The smallest absolute Gasteiger partial charge is 0.337 e. The zero-order valence-electron chi connectivity index (χ0n) is 12.1. The average Bonchev–Trinajstić information content (AvgIpc) is 2.48. The number of hydrogen-bond acceptors (Lipinski definition) is 4. The standard InChI is InChI=1S/C14H18F2N2O3S/c1-10-9-17-6-7-18(10)13(19)8-11-2-4-12(5-3-11)22(20,21)14(15)16/h2-5,10,14,17H,6-9H2,1H3/t10-/m1/s1. The van der Waals surface area contributed by atoms with Crippen molar-refractivity contribution in [2.75, 3.05) is 19.6 Å². The number of benzene rings is 1. The quantitative estimate of drug-likeness (QED) is 0.895. The number of carbonyl (C=O) groups is 1. The highest BCUT2D eigenvalue weighted by Crippen LogP contribution is 2.19. The van der Waals surface area contributed by atoms with E-state index in [1.165, 1.54) is 12.1 Å². The second-order valence-electron chi connectivity index (χ2n) is 5.27. The molecule has 1 aromatic rings. The Labute approximate surface area is 128 Å². The van der Waals surface area contributed by atoms with Crippen molar-refractivity contribution in [1.82, 2.24) is 10.2 Å². The number of amides is 1. The van der Waals surface area contributed by atoms with Gasteiger partial charge in [0.2, 0.25) is 15.7 Å². The normalized spacial score (nSPS) is 19.5. The molecule has 8 heteroatoms. The minimum Gasteiger partial charge on any atom is -0.337 e. The SMILES string of the molecule is C[C@@H]1CNCCN1C(=O)Cc1ccc(S(=O)(=O)C(F)F)cc1. The molecule has 0 aromatic heterocycles. The Morgan fingerprint density at radius 3 is 2.55 bits per heavy atom. The third kappa shape index (κ3) is 3.61. The molecule has 5 nitrogen and oxygen atoms in total. The van der Waals surface area contributed by atoms with Gasteiger partial charge in [0, 0.05) is 25.7 Å². The van der Waals surface area contributed by atoms with Crippen molar-refractivity contribution in [2.45, 2.75) is 30.0 Å². The summed E-state index contributed by atoms with van der Waals surface area (Å²) < 4.78 is 47.5. The number of sulfone groups is 1. The number of hydrogen-bond donors (Lipinski definition) is 1. The molecule has 1 heterocycles. The minimum absolute atomic E-state index is 0.0570. The summed E-state index contributed by atoms with van der Waals surface area (Å²) in [6, 6.07) is 5.14. The number of rotatable bonds is 4. The maximum atomic E-state index is 12.4. The van der Waals surface area contributed by atoms with Crippen LogP contribution in [0.2, 0.25) is 0 Å². The van der Waals surface area contributed by atoms with Crippen LogP contribution in [-0.2, 0) is 21.1 Å². The highest BCUT2D eigenvalue weighted by Gasteiger charge is 2.27. The van der Waals surface area contributed by atoms with Gasteiger partial charge < -0.3 is 10.2 Å². The third-order valence-electron chi connectivity index (χ3n) is 3.66. The fourth-order valence-corrected chi connectivity index (χ4v) is 3.11. The molecule has 0 bridgehead atoms. The zero-order valence-corrected chi connectivity index (χ0v) is 12.9. The number of nitrogens with zero attached hydrogens (tertiary/aromatic N) is 1. The predicted octanol–water partition coefficient (Wildman–Crippen LogP) is 1.05. The molecule has 1 aliphatic heterocycles. The first-order valence-electron chi connectivity index (χ1n) is 6.93. The molecule has 1 fully saturated rings. The second kappa shape index (κ2) is 6.70. The van der Waals surface area contributed by atoms with Gasteiger partial charge in [-0.3, -0.25) is 4.79 Å². The van der Waals surface area contributed by atoms with E-state index in [0.717, 1.165) is 25.2 Å². The van der Waals surface area contributed by atoms with Crippen LogP contribution in [-0.4, -0.2) is 50.7 Å². The van der Waals surface area contributed by atoms with Crippen LogP contribution in [0, 0.1) is 0 Å². The van der Waals surface area contributed by atoms with Crippen molar-refractivity contribution in [3.8, 4) is 0 Å². The van der Waals surface area contributed by atoms with Gasteiger partial charge in [0.05, 0.1) is 11.3 Å². The van der Waals surface area contributed by atoms with E-state index in [2.05, 4.69) is 5.32 Å². The monoisotopic (exact) mass is 332 g/mol. The van der Waals surface area contributed by atoms with E-state index in [1.807, 2.05) is 6.92 Å². The fourth-order valence-electron chi connectivity index (χ4n) is 2.39. The van der Waals surface area contributed by atoms with E-state index >= 15 is 0 Å². The van der Waals surface area contributed by atoms with Crippen LogP contribution in [0.4, 0.5) is 8.78 Å². The van der Waals surface area contributed by atoms with E-state index in [9.17, 15) is 22.0 Å². The number of carbonyl (C=O) groups excluding carboxylic acids is 1. The summed E-state index contributed by atoms with van der Waals surface area (Å²) in [7, 11) is -4.59. The van der Waals surface area contributed by atoms with Gasteiger partial charge in [0.1, 0.15) is 0 Å². The molecule has 1 N–H and O–H groups in total. The van der Waals surface area contributed by atoms with Crippen molar-refractivity contribution in [3.05, 3.63) is 29.8 Å². The Kier molecular flexibility index (Phi) is 5.12. The molecule has 2 rings (SSSR count). The van der Waals surface area contributed by atoms with Crippen LogP contribution in [0.5, 0.6) is 0 Å². The minimum atomic E-state index is -4.59. The van der Waals surface area contributed by atoms with Crippen LogP contribution >= 0.6 is 0 Å². The fraction of sp³-hybridized carbons (Fsp3) is 0.500. The van der Waals surface area contributed by atoms with E-state index in [-0.39, 0.29) is 18.4 Å². The second-order valence-corrected chi connectivity index (χ2v) is 7.18. The lowest BCUT2D eigenvalue weighted by Crippen LogP contribution is -2.52. The molecule has 1 aliphatic rings. The van der Waals surface area contributed by atoms with Crippen LogP contribution in [0.1, 0.15) is 12.5 Å². The Morgan fingerprint density at radius 1 is 1.36 bits per heavy atom. The van der Waals surface area contributed by atoms with Crippen LogP contribution < -0.4 is 5.32 Å². The molecule has 122 valence electrons. The largest absolute Gasteiger partial charge is 0.341 e. The third-order valence-corrected chi connectivity index (χ3v) is 5.06. The summed E-state index contributed by atoms with van der Waals surface area (Å²) >= 11 is 0. The summed E-state index contributed by atoms with van der Waals surface area (Å²) in [6.45, 7) is 4.04. The molecule has 0 radical (unpaired) electrons. The summed E-state index contributed by atoms with van der Waals surface area (Å²) in [5, 5.41) is 3.19. The first kappa shape index (κ1) is 16.8. The summed E-state index contributed by atoms with van der Waals surface area (Å²) in [6.07, 6.45) is 0.124. The van der Waals surface area contributed by atoms with Crippen molar-refractivity contribution in [2.24, 2.45) is 0 Å². The summed E-state index contributed by atoms with van der Waals surface area (Å²) in [5.74, 6) is -3.50. The maximum Gasteiger partial charge on any atom is 0.341 e. The van der Waals surface area contributed by atoms with E-state index in [1.54, 1.807) is 4.90 Å². The highest BCUT2D eigenvalue weighted by atomic mass is 32.2. The molecule has 1 amide bonds. The first-order chi connectivity index (χ1) is 10.3. The van der Waals surface area contributed by atoms with Gasteiger partial charge in [-0.2, -0.15) is 8.78 Å². The highest BCUT2D eigenvalue weighted by molar-refractivity contribution is 7.91. The van der Waals surface area contributed by atoms with Gasteiger partial charge in [-0.1, -0.05) is 12.1 Å². The number of alkyl halides is 2. The van der Waals surface area contributed by atoms with Crippen molar-refractivity contribution in [1.29, 1.82) is 0 Å². The Morgan fingerprint density at radius 2 is 2.00 bits per heavy atom. The van der Waals surface area contributed by atoms with E-state index < -0.39 is 20.5 Å². The average molecular weight is 332 g/mol. The number of nitrogens with one attached hydrogen (secondary N) is 1. The van der Waals surface area contributed by atoms with Gasteiger partial charge in [0.25, 0.3) is 0 Å². The first-order valence-corrected chi connectivity index (χ1v) is 8.48. The maximum absolute atomic E-state index is 12.4. The molecule has 1 aromatic carbocycles. The summed E-state index contributed by atoms with van der Waals surface area (Å²) in [5.41, 5.74) is 0.601. The van der Waals surface area contributed by atoms with Crippen molar-refractivity contribution < 1.29 is 22.0 Å². The van der Waals surface area contributed by atoms with Gasteiger partial charge in [-0.25, -0.2) is 8.42 Å². The molecule has 0 aliphatic carbocycles. The Balaban J connectivity index is 2.07. The molecule has 0 saturated carbocycles. The number of halogens is 2. The molecular weight excluding hydrogens is 314 g/mol. The molecule has 1 atom stereocenters. The Hall–Kier alpha value is -1.54. The predicted molar refractivity (Wildman–Crippen MR) is 77.4 cm³/mol. The lowest BCUT2D eigenvalue weighted by molar-refractivity contribution is -0.133. The molecule has 1 saturated heterocycles. The molecule has 0 spiro atoms. The van der Waals surface area contributed by atoms with Gasteiger partial charge in [-0.05, 0) is 24.6 Å². The van der Waals surface area contributed by atoms with Crippen LogP contribution in [0.25, 0.3) is 0 Å². The van der Waals surface area contributed by atoms with E-state index in [4.69, 9.17) is 0 Å². The molecular formula is C14H18F2N2O3S. The van der Waals surface area contributed by atoms with Crippen molar-refractivity contribution in [3.63, 3.8) is 0 Å². The van der Waals surface area contributed by atoms with Gasteiger partial charge in [0.15, 0.2) is 0 Å². The van der Waals surface area contributed by atoms with Gasteiger partial charge in [-0.15, -0.1) is 0 Å².